The highest BCUT2D eigenvalue weighted by atomic mass is 15.3. The van der Waals surface area contributed by atoms with Crippen molar-refractivity contribution in [2.75, 3.05) is 19.6 Å². The van der Waals surface area contributed by atoms with Gasteiger partial charge in [0.25, 0.3) is 0 Å². The molecule has 0 spiro atoms. The molecule has 0 aliphatic heterocycles. The predicted octanol–water partition coefficient (Wildman–Crippen LogP) is 2.27. The zero-order valence-electron chi connectivity index (χ0n) is 12.3. The highest BCUT2D eigenvalue weighted by Gasteiger charge is 2.20. The SMILES string of the molecule is CCC(C)CN(CC)C(CN)c1cnn(CC)c1. The first kappa shape index (κ1) is 15.2. The van der Waals surface area contributed by atoms with E-state index in [4.69, 9.17) is 5.73 Å². The van der Waals surface area contributed by atoms with Crippen LogP contribution < -0.4 is 5.73 Å². The second-order valence-electron chi connectivity index (χ2n) is 4.98. The average Bonchev–Trinajstić information content (AvgIpc) is 2.86. The van der Waals surface area contributed by atoms with Crippen LogP contribution >= 0.6 is 0 Å². The monoisotopic (exact) mass is 252 g/mol. The average molecular weight is 252 g/mol. The highest BCUT2D eigenvalue weighted by molar-refractivity contribution is 5.11. The molecule has 1 rings (SSSR count). The van der Waals surface area contributed by atoms with E-state index in [2.05, 4.69) is 43.9 Å². The van der Waals surface area contributed by atoms with Gasteiger partial charge in [0.2, 0.25) is 0 Å². The molecule has 0 aliphatic carbocycles. The Kier molecular flexibility index (Phi) is 6.36. The van der Waals surface area contributed by atoms with E-state index in [-0.39, 0.29) is 0 Å². The molecule has 1 aromatic rings. The Morgan fingerprint density at radius 2 is 2.11 bits per heavy atom. The summed E-state index contributed by atoms with van der Waals surface area (Å²) in [7, 11) is 0. The summed E-state index contributed by atoms with van der Waals surface area (Å²) in [6, 6.07) is 0.296. The normalized spacial score (nSPS) is 15.0. The summed E-state index contributed by atoms with van der Waals surface area (Å²) >= 11 is 0. The molecule has 2 N–H and O–H groups in total. The fourth-order valence-electron chi connectivity index (χ4n) is 2.23. The zero-order chi connectivity index (χ0) is 13.5. The Bertz CT molecular complexity index is 334. The number of rotatable bonds is 8. The van der Waals surface area contributed by atoms with Crippen LogP contribution in [0.15, 0.2) is 12.4 Å². The molecule has 18 heavy (non-hydrogen) atoms. The molecule has 0 fully saturated rings. The van der Waals surface area contributed by atoms with Gasteiger partial charge >= 0.3 is 0 Å². The van der Waals surface area contributed by atoms with Crippen molar-refractivity contribution < 1.29 is 0 Å². The maximum Gasteiger partial charge on any atom is 0.0538 e. The molecule has 104 valence electrons. The maximum absolute atomic E-state index is 5.97. The minimum Gasteiger partial charge on any atom is -0.329 e. The minimum absolute atomic E-state index is 0.296. The number of nitrogens with zero attached hydrogens (tertiary/aromatic N) is 3. The van der Waals surface area contributed by atoms with E-state index >= 15 is 0 Å². The minimum atomic E-state index is 0.296. The fourth-order valence-corrected chi connectivity index (χ4v) is 2.23. The molecular weight excluding hydrogens is 224 g/mol. The number of nitrogens with two attached hydrogens (primary N) is 1. The molecule has 4 nitrogen and oxygen atoms in total. The third-order valence-corrected chi connectivity index (χ3v) is 3.68. The van der Waals surface area contributed by atoms with E-state index in [9.17, 15) is 0 Å². The van der Waals surface area contributed by atoms with Gasteiger partial charge in [0.1, 0.15) is 0 Å². The molecule has 2 unspecified atom stereocenters. The summed E-state index contributed by atoms with van der Waals surface area (Å²) < 4.78 is 1.97. The largest absolute Gasteiger partial charge is 0.329 e. The van der Waals surface area contributed by atoms with Crippen molar-refractivity contribution in [1.29, 1.82) is 0 Å². The van der Waals surface area contributed by atoms with Gasteiger partial charge in [-0.1, -0.05) is 27.2 Å². The zero-order valence-corrected chi connectivity index (χ0v) is 12.3. The number of likely N-dealkylation sites (N-methyl/N-ethyl adjacent to an activating group) is 1. The van der Waals surface area contributed by atoms with Crippen LogP contribution in [0.2, 0.25) is 0 Å². The molecule has 2 atom stereocenters. The van der Waals surface area contributed by atoms with Gasteiger partial charge in [-0.15, -0.1) is 0 Å². The van der Waals surface area contributed by atoms with E-state index in [1.54, 1.807) is 0 Å². The Labute approximate surface area is 111 Å². The van der Waals surface area contributed by atoms with E-state index in [0.29, 0.717) is 18.5 Å². The van der Waals surface area contributed by atoms with Crippen LogP contribution in [-0.4, -0.2) is 34.3 Å². The van der Waals surface area contributed by atoms with Gasteiger partial charge in [0.05, 0.1) is 12.2 Å². The molecule has 0 aliphatic rings. The Morgan fingerprint density at radius 3 is 2.56 bits per heavy atom. The lowest BCUT2D eigenvalue weighted by atomic mass is 10.0. The van der Waals surface area contributed by atoms with Crippen LogP contribution in [0.25, 0.3) is 0 Å². The number of aryl methyl sites for hydroxylation is 1. The van der Waals surface area contributed by atoms with Crippen molar-refractivity contribution in [3.05, 3.63) is 18.0 Å². The first-order valence-corrected chi connectivity index (χ1v) is 7.12. The summed E-state index contributed by atoms with van der Waals surface area (Å²) in [5.74, 6) is 0.709. The lowest BCUT2D eigenvalue weighted by Crippen LogP contribution is -2.36. The highest BCUT2D eigenvalue weighted by Crippen LogP contribution is 2.20. The molecule has 1 aromatic heterocycles. The second-order valence-corrected chi connectivity index (χ2v) is 4.98. The Morgan fingerprint density at radius 1 is 1.39 bits per heavy atom. The summed E-state index contributed by atoms with van der Waals surface area (Å²) in [6.07, 6.45) is 5.29. The molecule has 0 radical (unpaired) electrons. The van der Waals surface area contributed by atoms with Crippen molar-refractivity contribution in [2.24, 2.45) is 11.7 Å². The van der Waals surface area contributed by atoms with Crippen molar-refractivity contribution in [2.45, 2.75) is 46.7 Å². The molecular formula is C14H28N4. The van der Waals surface area contributed by atoms with Crippen molar-refractivity contribution in [3.8, 4) is 0 Å². The van der Waals surface area contributed by atoms with Crippen molar-refractivity contribution in [1.82, 2.24) is 14.7 Å². The van der Waals surface area contributed by atoms with Gasteiger partial charge in [-0.25, -0.2) is 0 Å². The molecule has 0 saturated carbocycles. The first-order chi connectivity index (χ1) is 8.65. The van der Waals surface area contributed by atoms with Crippen LogP contribution in [0, 0.1) is 5.92 Å². The first-order valence-electron chi connectivity index (χ1n) is 7.12. The van der Waals surface area contributed by atoms with Gasteiger partial charge in [0, 0.05) is 31.4 Å². The fraction of sp³-hybridized carbons (Fsp3) is 0.786. The summed E-state index contributed by atoms with van der Waals surface area (Å²) in [5, 5.41) is 4.35. The molecule has 0 amide bonds. The van der Waals surface area contributed by atoms with E-state index < -0.39 is 0 Å². The lowest BCUT2D eigenvalue weighted by Gasteiger charge is -2.31. The van der Waals surface area contributed by atoms with Crippen LogP contribution in [0.1, 0.15) is 45.7 Å². The van der Waals surface area contributed by atoms with Gasteiger partial charge in [-0.05, 0) is 19.4 Å². The van der Waals surface area contributed by atoms with Crippen molar-refractivity contribution in [3.63, 3.8) is 0 Å². The third kappa shape index (κ3) is 3.82. The quantitative estimate of drug-likeness (QED) is 0.772. The van der Waals surface area contributed by atoms with Gasteiger partial charge in [-0.2, -0.15) is 5.10 Å². The molecule has 0 aromatic carbocycles. The van der Waals surface area contributed by atoms with E-state index in [1.165, 1.54) is 12.0 Å². The van der Waals surface area contributed by atoms with Gasteiger partial charge < -0.3 is 5.73 Å². The van der Waals surface area contributed by atoms with E-state index in [0.717, 1.165) is 19.6 Å². The van der Waals surface area contributed by atoms with Crippen LogP contribution in [0.5, 0.6) is 0 Å². The predicted molar refractivity (Wildman–Crippen MR) is 76.4 cm³/mol. The standard InChI is InChI=1S/C14H28N4/c1-5-12(4)10-17(6-2)14(8-15)13-9-16-18(7-3)11-13/h9,11-12,14H,5-8,10,15H2,1-4H3. The van der Waals surface area contributed by atoms with Crippen LogP contribution in [-0.2, 0) is 6.54 Å². The lowest BCUT2D eigenvalue weighted by molar-refractivity contribution is 0.182. The smallest absolute Gasteiger partial charge is 0.0538 e. The Hall–Kier alpha value is -0.870. The van der Waals surface area contributed by atoms with Crippen LogP contribution in [0.4, 0.5) is 0 Å². The summed E-state index contributed by atoms with van der Waals surface area (Å²) in [6.45, 7) is 12.5. The number of aromatic nitrogens is 2. The topological polar surface area (TPSA) is 47.1 Å². The second kappa shape index (κ2) is 7.54. The number of hydrogen-bond donors (Lipinski definition) is 1. The number of hydrogen-bond acceptors (Lipinski definition) is 3. The van der Waals surface area contributed by atoms with Crippen LogP contribution in [0.3, 0.4) is 0 Å². The third-order valence-electron chi connectivity index (χ3n) is 3.68. The summed E-state index contributed by atoms with van der Waals surface area (Å²) in [5.41, 5.74) is 7.21. The van der Waals surface area contributed by atoms with Gasteiger partial charge in [0.15, 0.2) is 0 Å². The molecule has 1 heterocycles. The van der Waals surface area contributed by atoms with Gasteiger partial charge in [-0.3, -0.25) is 9.58 Å². The Balaban J connectivity index is 2.78. The van der Waals surface area contributed by atoms with E-state index in [1.807, 2.05) is 10.9 Å². The molecule has 4 heteroatoms. The maximum atomic E-state index is 5.97. The summed E-state index contributed by atoms with van der Waals surface area (Å²) in [4.78, 5) is 2.46. The molecule has 0 bridgehead atoms. The van der Waals surface area contributed by atoms with Crippen molar-refractivity contribution >= 4 is 0 Å². The molecule has 0 saturated heterocycles.